The number of esters is 1. The third-order valence-electron chi connectivity index (χ3n) is 3.73. The second-order valence-electron chi connectivity index (χ2n) is 5.31. The maximum atomic E-state index is 12.5. The zero-order valence-electron chi connectivity index (χ0n) is 12.4. The number of nitrogens with zero attached hydrogens (tertiary/aromatic N) is 1. The van der Waals surface area contributed by atoms with Crippen LogP contribution in [0.5, 0.6) is 0 Å². The van der Waals surface area contributed by atoms with Crippen LogP contribution in [0, 0.1) is 12.8 Å². The van der Waals surface area contributed by atoms with E-state index in [1.54, 1.807) is 11.8 Å². The predicted molar refractivity (Wildman–Crippen MR) is 84.1 cm³/mol. The van der Waals surface area contributed by atoms with Crippen LogP contribution in [0.3, 0.4) is 0 Å². The zero-order valence-corrected chi connectivity index (χ0v) is 14.0. The third kappa shape index (κ3) is 3.84. The van der Waals surface area contributed by atoms with E-state index in [4.69, 9.17) is 4.74 Å². The van der Waals surface area contributed by atoms with Crippen molar-refractivity contribution in [3.63, 3.8) is 0 Å². The summed E-state index contributed by atoms with van der Waals surface area (Å²) >= 11 is 3.43. The van der Waals surface area contributed by atoms with Crippen molar-refractivity contribution in [3.05, 3.63) is 33.8 Å². The number of rotatable bonds is 3. The Kier molecular flexibility index (Phi) is 5.39. The number of hydrogen-bond acceptors (Lipinski definition) is 3. The summed E-state index contributed by atoms with van der Waals surface area (Å²) < 4.78 is 6.05. The van der Waals surface area contributed by atoms with Crippen LogP contribution in [0.25, 0.3) is 0 Å². The lowest BCUT2D eigenvalue weighted by Gasteiger charge is -2.31. The lowest BCUT2D eigenvalue weighted by atomic mass is 9.97. The molecule has 1 heterocycles. The molecule has 0 radical (unpaired) electrons. The number of halogens is 1. The highest BCUT2D eigenvalue weighted by Crippen LogP contribution is 2.22. The summed E-state index contributed by atoms with van der Waals surface area (Å²) in [5, 5.41) is 0. The third-order valence-corrected chi connectivity index (χ3v) is 4.62. The number of hydrogen-bond donors (Lipinski definition) is 0. The SMILES string of the molecule is CCOC(=O)[C@@H]1CCCN(C(=O)c2ccc(Br)c(C)c2)C1. The largest absolute Gasteiger partial charge is 0.466 e. The molecule has 1 fully saturated rings. The Morgan fingerprint density at radius 1 is 1.43 bits per heavy atom. The highest BCUT2D eigenvalue weighted by molar-refractivity contribution is 9.10. The zero-order chi connectivity index (χ0) is 15.4. The molecular weight excluding hydrogens is 334 g/mol. The van der Waals surface area contributed by atoms with Crippen LogP contribution in [-0.2, 0) is 9.53 Å². The Labute approximate surface area is 133 Å². The Morgan fingerprint density at radius 2 is 2.19 bits per heavy atom. The molecule has 1 aliphatic heterocycles. The van der Waals surface area contributed by atoms with Gasteiger partial charge in [-0.3, -0.25) is 9.59 Å². The van der Waals surface area contributed by atoms with Crippen molar-refractivity contribution in [2.75, 3.05) is 19.7 Å². The number of ether oxygens (including phenoxy) is 1. The number of piperidine rings is 1. The minimum absolute atomic E-state index is 0.0143. The van der Waals surface area contributed by atoms with Gasteiger partial charge in [0, 0.05) is 23.1 Å². The molecule has 1 atom stereocenters. The van der Waals surface area contributed by atoms with E-state index in [0.717, 1.165) is 22.9 Å². The van der Waals surface area contributed by atoms with Gasteiger partial charge in [-0.1, -0.05) is 15.9 Å². The van der Waals surface area contributed by atoms with E-state index in [9.17, 15) is 9.59 Å². The van der Waals surface area contributed by atoms with E-state index in [1.165, 1.54) is 0 Å². The number of amides is 1. The molecule has 0 aliphatic carbocycles. The van der Waals surface area contributed by atoms with Crippen LogP contribution in [0.1, 0.15) is 35.7 Å². The number of benzene rings is 1. The van der Waals surface area contributed by atoms with E-state index >= 15 is 0 Å². The van der Waals surface area contributed by atoms with Crippen LogP contribution in [-0.4, -0.2) is 36.5 Å². The van der Waals surface area contributed by atoms with Gasteiger partial charge in [-0.2, -0.15) is 0 Å². The van der Waals surface area contributed by atoms with E-state index in [0.29, 0.717) is 25.3 Å². The molecule has 0 N–H and O–H groups in total. The highest BCUT2D eigenvalue weighted by atomic mass is 79.9. The Hall–Kier alpha value is -1.36. The molecule has 1 saturated heterocycles. The normalized spacial score (nSPS) is 18.4. The van der Waals surface area contributed by atoms with Gasteiger partial charge in [0.2, 0.25) is 0 Å². The van der Waals surface area contributed by atoms with Crippen LogP contribution >= 0.6 is 15.9 Å². The van der Waals surface area contributed by atoms with Crippen molar-refractivity contribution in [1.82, 2.24) is 4.90 Å². The van der Waals surface area contributed by atoms with Gasteiger partial charge in [-0.15, -0.1) is 0 Å². The second-order valence-corrected chi connectivity index (χ2v) is 6.16. The van der Waals surface area contributed by atoms with E-state index in [1.807, 2.05) is 25.1 Å². The minimum Gasteiger partial charge on any atom is -0.466 e. The molecule has 114 valence electrons. The molecule has 0 aromatic heterocycles. The number of aryl methyl sites for hydroxylation is 1. The summed E-state index contributed by atoms with van der Waals surface area (Å²) in [5.74, 6) is -0.402. The smallest absolute Gasteiger partial charge is 0.310 e. The molecule has 0 bridgehead atoms. The lowest BCUT2D eigenvalue weighted by Crippen LogP contribution is -2.42. The number of likely N-dealkylation sites (tertiary alicyclic amines) is 1. The first-order chi connectivity index (χ1) is 10.0. The highest BCUT2D eigenvalue weighted by Gasteiger charge is 2.29. The molecular formula is C16H20BrNO3. The molecule has 1 aromatic carbocycles. The molecule has 0 saturated carbocycles. The fraction of sp³-hybridized carbons (Fsp3) is 0.500. The standard InChI is InChI=1S/C16H20BrNO3/c1-3-21-16(20)13-5-4-8-18(10-13)15(19)12-6-7-14(17)11(2)9-12/h6-7,9,13H,3-5,8,10H2,1-2H3/t13-/m1/s1. The van der Waals surface area contributed by atoms with Crippen molar-refractivity contribution < 1.29 is 14.3 Å². The topological polar surface area (TPSA) is 46.6 Å². The first-order valence-corrected chi connectivity index (χ1v) is 8.04. The molecule has 21 heavy (non-hydrogen) atoms. The molecule has 5 heteroatoms. The Bertz CT molecular complexity index is 544. The van der Waals surface area contributed by atoms with Gasteiger partial charge in [0.15, 0.2) is 0 Å². The molecule has 0 spiro atoms. The van der Waals surface area contributed by atoms with Gasteiger partial charge >= 0.3 is 5.97 Å². The summed E-state index contributed by atoms with van der Waals surface area (Å²) in [4.78, 5) is 26.1. The van der Waals surface area contributed by atoms with Gasteiger partial charge in [0.1, 0.15) is 0 Å². The number of carbonyl (C=O) groups excluding carboxylic acids is 2. The van der Waals surface area contributed by atoms with Gasteiger partial charge in [-0.05, 0) is 50.5 Å². The van der Waals surface area contributed by atoms with Crippen LogP contribution in [0.4, 0.5) is 0 Å². The van der Waals surface area contributed by atoms with Crippen molar-refractivity contribution in [2.24, 2.45) is 5.92 Å². The Morgan fingerprint density at radius 3 is 2.86 bits per heavy atom. The van der Waals surface area contributed by atoms with Crippen molar-refractivity contribution in [3.8, 4) is 0 Å². The number of carbonyl (C=O) groups is 2. The van der Waals surface area contributed by atoms with Crippen molar-refractivity contribution in [2.45, 2.75) is 26.7 Å². The fourth-order valence-corrected chi connectivity index (χ4v) is 2.82. The van der Waals surface area contributed by atoms with E-state index < -0.39 is 0 Å². The molecule has 1 aliphatic rings. The average molecular weight is 354 g/mol. The summed E-state index contributed by atoms with van der Waals surface area (Å²) in [6.07, 6.45) is 1.63. The fourth-order valence-electron chi connectivity index (χ4n) is 2.57. The van der Waals surface area contributed by atoms with Crippen LogP contribution < -0.4 is 0 Å². The predicted octanol–water partition coefficient (Wildman–Crippen LogP) is 3.17. The second kappa shape index (κ2) is 7.07. The molecule has 4 nitrogen and oxygen atoms in total. The summed E-state index contributed by atoms with van der Waals surface area (Å²) in [5.41, 5.74) is 1.69. The first kappa shape index (κ1) is 16.0. The summed E-state index contributed by atoms with van der Waals surface area (Å²) in [6, 6.07) is 5.57. The average Bonchev–Trinajstić information content (AvgIpc) is 2.49. The van der Waals surface area contributed by atoms with E-state index in [2.05, 4.69) is 15.9 Å². The van der Waals surface area contributed by atoms with Crippen molar-refractivity contribution >= 4 is 27.8 Å². The Balaban J connectivity index is 2.08. The molecule has 0 unspecified atom stereocenters. The van der Waals surface area contributed by atoms with Gasteiger partial charge in [0.25, 0.3) is 5.91 Å². The van der Waals surface area contributed by atoms with Gasteiger partial charge in [0.05, 0.1) is 12.5 Å². The molecule has 2 rings (SSSR count). The van der Waals surface area contributed by atoms with Crippen molar-refractivity contribution in [1.29, 1.82) is 0 Å². The summed E-state index contributed by atoms with van der Waals surface area (Å²) in [7, 11) is 0. The minimum atomic E-state index is -0.195. The quantitative estimate of drug-likeness (QED) is 0.784. The maximum absolute atomic E-state index is 12.5. The maximum Gasteiger partial charge on any atom is 0.310 e. The van der Waals surface area contributed by atoms with E-state index in [-0.39, 0.29) is 17.8 Å². The molecule has 1 aromatic rings. The monoisotopic (exact) mass is 353 g/mol. The van der Waals surface area contributed by atoms with Crippen LogP contribution in [0.15, 0.2) is 22.7 Å². The summed E-state index contributed by atoms with van der Waals surface area (Å²) in [6.45, 7) is 5.29. The van der Waals surface area contributed by atoms with Gasteiger partial charge in [-0.25, -0.2) is 0 Å². The lowest BCUT2D eigenvalue weighted by molar-refractivity contribution is -0.149. The first-order valence-electron chi connectivity index (χ1n) is 7.25. The van der Waals surface area contributed by atoms with Gasteiger partial charge < -0.3 is 9.64 Å². The van der Waals surface area contributed by atoms with Crippen LogP contribution in [0.2, 0.25) is 0 Å². The molecule has 1 amide bonds.